The lowest BCUT2D eigenvalue weighted by Crippen LogP contribution is -2.09. The van der Waals surface area contributed by atoms with Crippen molar-refractivity contribution in [3.8, 4) is 22.8 Å². The molecule has 140 valence electrons. The van der Waals surface area contributed by atoms with Crippen LogP contribution in [0, 0.1) is 0 Å². The SMILES string of the molecule is COCOc1cc(CC(=O)OC)c(-c2ccc(C=O)o2)c(OCOC)c1. The Morgan fingerprint density at radius 2 is 1.81 bits per heavy atom. The Morgan fingerprint density at radius 1 is 1.08 bits per heavy atom. The molecule has 0 fully saturated rings. The highest BCUT2D eigenvalue weighted by atomic mass is 16.7. The molecule has 0 spiro atoms. The summed E-state index contributed by atoms with van der Waals surface area (Å²) in [7, 11) is 4.28. The number of hydrogen-bond donors (Lipinski definition) is 0. The highest BCUT2D eigenvalue weighted by molar-refractivity contribution is 5.81. The molecule has 0 saturated carbocycles. The number of rotatable bonds is 10. The molecule has 0 amide bonds. The Hall–Kier alpha value is -2.84. The van der Waals surface area contributed by atoms with Crippen LogP contribution >= 0.6 is 0 Å². The molecule has 1 heterocycles. The van der Waals surface area contributed by atoms with E-state index in [9.17, 15) is 9.59 Å². The van der Waals surface area contributed by atoms with Gasteiger partial charge in [-0.05, 0) is 23.8 Å². The van der Waals surface area contributed by atoms with Crippen LogP contribution in [0.3, 0.4) is 0 Å². The standard InChI is InChI=1S/C18H20O8/c1-21-10-24-14-6-12(7-17(20)23-3)18(16(8-14)25-11-22-2)15-5-4-13(9-19)26-15/h4-6,8-9H,7,10-11H2,1-3H3. The van der Waals surface area contributed by atoms with Crippen molar-refractivity contribution >= 4 is 12.3 Å². The molecule has 8 heteroatoms. The van der Waals surface area contributed by atoms with Gasteiger partial charge in [-0.15, -0.1) is 0 Å². The van der Waals surface area contributed by atoms with E-state index in [-0.39, 0.29) is 25.8 Å². The van der Waals surface area contributed by atoms with Gasteiger partial charge in [0.15, 0.2) is 25.6 Å². The lowest BCUT2D eigenvalue weighted by molar-refractivity contribution is -0.139. The molecule has 2 aromatic rings. The van der Waals surface area contributed by atoms with Crippen molar-refractivity contribution < 1.29 is 37.7 Å². The third-order valence-electron chi connectivity index (χ3n) is 3.38. The first-order valence-electron chi connectivity index (χ1n) is 7.65. The van der Waals surface area contributed by atoms with Crippen LogP contribution in [0.1, 0.15) is 16.1 Å². The van der Waals surface area contributed by atoms with E-state index in [1.165, 1.54) is 27.4 Å². The maximum absolute atomic E-state index is 11.8. The van der Waals surface area contributed by atoms with Gasteiger partial charge in [0.05, 0.1) is 19.1 Å². The molecule has 0 aliphatic carbocycles. The van der Waals surface area contributed by atoms with E-state index in [1.54, 1.807) is 18.2 Å². The van der Waals surface area contributed by atoms with E-state index in [0.717, 1.165) is 0 Å². The molecule has 0 radical (unpaired) electrons. The van der Waals surface area contributed by atoms with Crippen molar-refractivity contribution in [2.75, 3.05) is 34.9 Å². The fourth-order valence-electron chi connectivity index (χ4n) is 2.29. The van der Waals surface area contributed by atoms with Gasteiger partial charge in [-0.3, -0.25) is 9.59 Å². The molecule has 0 N–H and O–H groups in total. The van der Waals surface area contributed by atoms with Gasteiger partial charge < -0.3 is 28.1 Å². The van der Waals surface area contributed by atoms with Crippen LogP contribution < -0.4 is 9.47 Å². The molecule has 26 heavy (non-hydrogen) atoms. The van der Waals surface area contributed by atoms with Crippen LogP contribution in [-0.2, 0) is 25.4 Å². The smallest absolute Gasteiger partial charge is 0.310 e. The quantitative estimate of drug-likeness (QED) is 0.360. The highest BCUT2D eigenvalue weighted by Gasteiger charge is 2.20. The Labute approximate surface area is 150 Å². The number of ether oxygens (including phenoxy) is 5. The van der Waals surface area contributed by atoms with Crippen molar-refractivity contribution in [1.29, 1.82) is 0 Å². The minimum Gasteiger partial charge on any atom is -0.469 e. The maximum atomic E-state index is 11.8. The van der Waals surface area contributed by atoms with Crippen LogP contribution in [0.5, 0.6) is 11.5 Å². The zero-order valence-corrected chi connectivity index (χ0v) is 14.8. The zero-order valence-electron chi connectivity index (χ0n) is 14.8. The number of carbonyl (C=O) groups excluding carboxylic acids is 2. The Balaban J connectivity index is 2.56. The molecular weight excluding hydrogens is 344 g/mol. The summed E-state index contributed by atoms with van der Waals surface area (Å²) in [5.74, 6) is 0.876. The fraction of sp³-hybridized carbons (Fsp3) is 0.333. The molecule has 0 aliphatic rings. The van der Waals surface area contributed by atoms with E-state index < -0.39 is 5.97 Å². The summed E-state index contributed by atoms with van der Waals surface area (Å²) in [5, 5.41) is 0. The third kappa shape index (κ3) is 4.84. The Bertz CT molecular complexity index is 750. The molecule has 0 saturated heterocycles. The minimum atomic E-state index is -0.449. The zero-order chi connectivity index (χ0) is 18.9. The molecule has 2 rings (SSSR count). The second-order valence-electron chi connectivity index (χ2n) is 5.13. The van der Waals surface area contributed by atoms with Crippen LogP contribution in [-0.4, -0.2) is 47.2 Å². The average molecular weight is 364 g/mol. The largest absolute Gasteiger partial charge is 0.469 e. The summed E-state index contributed by atoms with van der Waals surface area (Å²) >= 11 is 0. The van der Waals surface area contributed by atoms with Crippen molar-refractivity contribution in [3.05, 3.63) is 35.6 Å². The molecule has 0 aliphatic heterocycles. The lowest BCUT2D eigenvalue weighted by Gasteiger charge is -2.16. The predicted octanol–water partition coefficient (Wildman–Crippen LogP) is 2.44. The van der Waals surface area contributed by atoms with Gasteiger partial charge in [0, 0.05) is 20.3 Å². The molecule has 0 bridgehead atoms. The van der Waals surface area contributed by atoms with E-state index in [4.69, 9.17) is 28.1 Å². The summed E-state index contributed by atoms with van der Waals surface area (Å²) in [6.07, 6.45) is 0.547. The van der Waals surface area contributed by atoms with Crippen molar-refractivity contribution in [2.24, 2.45) is 0 Å². The van der Waals surface area contributed by atoms with Crippen LogP contribution in [0.15, 0.2) is 28.7 Å². The molecule has 8 nitrogen and oxygen atoms in total. The summed E-state index contributed by atoms with van der Waals surface area (Å²) in [6.45, 7) is -0.00356. The first-order chi connectivity index (χ1) is 12.6. The second-order valence-corrected chi connectivity index (χ2v) is 5.13. The molecule has 0 atom stereocenters. The van der Waals surface area contributed by atoms with Gasteiger partial charge >= 0.3 is 5.97 Å². The fourth-order valence-corrected chi connectivity index (χ4v) is 2.29. The van der Waals surface area contributed by atoms with Gasteiger partial charge in [-0.2, -0.15) is 0 Å². The average Bonchev–Trinajstić information content (AvgIpc) is 3.13. The number of benzene rings is 1. The number of hydrogen-bond acceptors (Lipinski definition) is 8. The van der Waals surface area contributed by atoms with Crippen LogP contribution in [0.2, 0.25) is 0 Å². The number of methoxy groups -OCH3 is 3. The summed E-state index contributed by atoms with van der Waals surface area (Å²) in [6, 6.07) is 6.43. The van der Waals surface area contributed by atoms with E-state index in [1.807, 2.05) is 0 Å². The summed E-state index contributed by atoms with van der Waals surface area (Å²) in [4.78, 5) is 22.8. The van der Waals surface area contributed by atoms with Crippen LogP contribution in [0.25, 0.3) is 11.3 Å². The van der Waals surface area contributed by atoms with Gasteiger partial charge in [-0.1, -0.05) is 0 Å². The third-order valence-corrected chi connectivity index (χ3v) is 3.38. The Morgan fingerprint density at radius 3 is 2.42 bits per heavy atom. The second kappa shape index (κ2) is 9.59. The minimum absolute atomic E-state index is 0.0246. The number of esters is 1. The molecule has 1 aromatic carbocycles. The van der Waals surface area contributed by atoms with E-state index in [0.29, 0.717) is 34.7 Å². The van der Waals surface area contributed by atoms with Gasteiger partial charge in [0.2, 0.25) is 0 Å². The lowest BCUT2D eigenvalue weighted by atomic mass is 10.0. The van der Waals surface area contributed by atoms with Crippen molar-refractivity contribution in [1.82, 2.24) is 0 Å². The normalized spacial score (nSPS) is 10.4. The molecule has 1 aromatic heterocycles. The molecule has 0 unspecified atom stereocenters. The molecular formula is C18H20O8. The predicted molar refractivity (Wildman–Crippen MR) is 90.3 cm³/mol. The first-order valence-corrected chi connectivity index (χ1v) is 7.65. The van der Waals surface area contributed by atoms with Crippen molar-refractivity contribution in [2.45, 2.75) is 6.42 Å². The number of carbonyl (C=O) groups is 2. The van der Waals surface area contributed by atoms with Crippen LogP contribution in [0.4, 0.5) is 0 Å². The highest BCUT2D eigenvalue weighted by Crippen LogP contribution is 2.38. The summed E-state index contributed by atoms with van der Waals surface area (Å²) in [5.41, 5.74) is 1.05. The monoisotopic (exact) mass is 364 g/mol. The van der Waals surface area contributed by atoms with E-state index in [2.05, 4.69) is 0 Å². The first kappa shape index (κ1) is 19.5. The van der Waals surface area contributed by atoms with E-state index >= 15 is 0 Å². The summed E-state index contributed by atoms with van der Waals surface area (Å²) < 4.78 is 31.2. The Kier molecular flexibility index (Phi) is 7.19. The maximum Gasteiger partial charge on any atom is 0.310 e. The topological polar surface area (TPSA) is 93.4 Å². The van der Waals surface area contributed by atoms with Gasteiger partial charge in [0.25, 0.3) is 0 Å². The van der Waals surface area contributed by atoms with Crippen molar-refractivity contribution in [3.63, 3.8) is 0 Å². The van der Waals surface area contributed by atoms with Gasteiger partial charge in [-0.25, -0.2) is 0 Å². The number of furan rings is 1. The number of aldehydes is 1. The van der Waals surface area contributed by atoms with Gasteiger partial charge in [0.1, 0.15) is 17.3 Å².